The third-order valence-corrected chi connectivity index (χ3v) is 9.87. The van der Waals surface area contributed by atoms with E-state index >= 15 is 0 Å². The lowest BCUT2D eigenvalue weighted by Crippen LogP contribution is -2.59. The number of hydrogen-bond donors (Lipinski definition) is 4. The third-order valence-electron chi connectivity index (χ3n) is 9.87. The minimum Gasteiger partial charge on any atom is -0.456 e. The van der Waals surface area contributed by atoms with E-state index in [9.17, 15) is 30.0 Å². The summed E-state index contributed by atoms with van der Waals surface area (Å²) < 4.78 is 35.3. The van der Waals surface area contributed by atoms with Crippen LogP contribution in [0.4, 0.5) is 0 Å². The van der Waals surface area contributed by atoms with Gasteiger partial charge in [0.15, 0.2) is 18.4 Å². The van der Waals surface area contributed by atoms with Crippen molar-refractivity contribution in [2.24, 2.45) is 17.8 Å². The zero-order valence-electron chi connectivity index (χ0n) is 30.4. The Kier molecular flexibility index (Phi) is 15.6. The average molecular weight is 698 g/mol. The van der Waals surface area contributed by atoms with Gasteiger partial charge in [-0.05, 0) is 65.3 Å². The molecule has 3 aliphatic rings. The molecule has 0 aromatic rings. The third kappa shape index (κ3) is 10.7. The monoisotopic (exact) mass is 697 g/mol. The fraction of sp³-hybridized carbons (Fsp3) is 0.778. The van der Waals surface area contributed by atoms with Gasteiger partial charge in [0.2, 0.25) is 0 Å². The van der Waals surface area contributed by atoms with E-state index in [1.54, 1.807) is 19.9 Å². The first-order valence-corrected chi connectivity index (χ1v) is 17.3. The lowest BCUT2D eigenvalue weighted by atomic mass is 9.84. The number of carbonyl (C=O) groups is 2. The Morgan fingerprint density at radius 1 is 0.918 bits per heavy atom. The standard InChI is InChI=1S/C36H59NO12/c1-10-27-36(43,19-45-35-33(44-9)31(42)29(40)24(6)47-35)16-12-11-13-26(38)21(3)17-22(4)32(20(2)14-15-28(39)48-27)49-34-30(41)25(37(7)8)18-23(5)46-34/h11-16,20-25,27,29-35,40-43H,10,17-19H2,1-9H3/b13-11+,15-14+,16-12+/t20-,21+,22-,23?,24?,25?,27+,29?,30?,31?,32+,33?,34?,35?,36-/m0/s1. The van der Waals surface area contributed by atoms with Crippen molar-refractivity contribution in [3.8, 4) is 0 Å². The van der Waals surface area contributed by atoms with Crippen LogP contribution in [0.2, 0.25) is 0 Å². The van der Waals surface area contributed by atoms with Gasteiger partial charge in [-0.2, -0.15) is 0 Å². The quantitative estimate of drug-likeness (QED) is 0.271. The largest absolute Gasteiger partial charge is 0.456 e. The fourth-order valence-electron chi connectivity index (χ4n) is 6.84. The molecule has 9 unspecified atom stereocenters. The van der Waals surface area contributed by atoms with E-state index in [0.717, 1.165) is 0 Å². The maximum atomic E-state index is 13.2. The van der Waals surface area contributed by atoms with Crippen LogP contribution in [0.5, 0.6) is 0 Å². The first-order chi connectivity index (χ1) is 23.0. The van der Waals surface area contributed by atoms with E-state index in [2.05, 4.69) is 0 Å². The molecule has 0 aromatic carbocycles. The maximum absolute atomic E-state index is 13.2. The van der Waals surface area contributed by atoms with Crippen LogP contribution in [0, 0.1) is 17.8 Å². The number of hydrogen-bond acceptors (Lipinski definition) is 13. The molecule has 0 bridgehead atoms. The molecule has 2 saturated heterocycles. The number of carbonyl (C=O) groups excluding carboxylic acids is 2. The molecule has 280 valence electrons. The summed E-state index contributed by atoms with van der Waals surface area (Å²) in [5.74, 6) is -1.73. The second-order valence-corrected chi connectivity index (χ2v) is 14.2. The molecule has 3 heterocycles. The Morgan fingerprint density at radius 2 is 1.61 bits per heavy atom. The van der Waals surface area contributed by atoms with Crippen molar-refractivity contribution in [2.45, 2.75) is 134 Å². The van der Waals surface area contributed by atoms with E-state index in [1.165, 1.54) is 37.5 Å². The van der Waals surface area contributed by atoms with Crippen molar-refractivity contribution in [3.63, 3.8) is 0 Å². The lowest BCUT2D eigenvalue weighted by molar-refractivity contribution is -0.306. The van der Waals surface area contributed by atoms with E-state index < -0.39 is 73.5 Å². The summed E-state index contributed by atoms with van der Waals surface area (Å²) in [5.41, 5.74) is -1.89. The number of aliphatic hydroxyl groups excluding tert-OH is 3. The summed E-state index contributed by atoms with van der Waals surface area (Å²) in [6.07, 6.45) is 0.995. The molecule has 15 atom stereocenters. The van der Waals surface area contributed by atoms with Crippen LogP contribution >= 0.6 is 0 Å². The molecule has 3 aliphatic heterocycles. The van der Waals surface area contributed by atoms with E-state index in [-0.39, 0.29) is 42.1 Å². The molecule has 13 nitrogen and oxygen atoms in total. The van der Waals surface area contributed by atoms with E-state index in [1.807, 2.05) is 46.7 Å². The van der Waals surface area contributed by atoms with Gasteiger partial charge in [0, 0.05) is 31.1 Å². The molecule has 0 amide bonds. The Bertz CT molecular complexity index is 1160. The molecule has 0 aliphatic carbocycles. The smallest absolute Gasteiger partial charge is 0.330 e. The number of allylic oxidation sites excluding steroid dienone is 3. The molecule has 3 rings (SSSR count). The second kappa shape index (κ2) is 18.5. The summed E-state index contributed by atoms with van der Waals surface area (Å²) in [6.45, 7) is 10.5. The number of ketones is 1. The van der Waals surface area contributed by atoms with Crippen LogP contribution in [0.15, 0.2) is 36.5 Å². The maximum Gasteiger partial charge on any atom is 0.330 e. The predicted octanol–water partition coefficient (Wildman–Crippen LogP) is 1.90. The number of cyclic esters (lactones) is 1. The van der Waals surface area contributed by atoms with Crippen LogP contribution in [-0.4, -0.2) is 138 Å². The van der Waals surface area contributed by atoms with Crippen LogP contribution in [0.25, 0.3) is 0 Å². The van der Waals surface area contributed by atoms with Gasteiger partial charge in [-0.1, -0.05) is 45.9 Å². The Balaban J connectivity index is 1.89. The summed E-state index contributed by atoms with van der Waals surface area (Å²) in [6, 6.07) is -0.173. The fourth-order valence-corrected chi connectivity index (χ4v) is 6.84. The van der Waals surface area contributed by atoms with Gasteiger partial charge in [0.25, 0.3) is 0 Å². The Morgan fingerprint density at radius 3 is 2.24 bits per heavy atom. The van der Waals surface area contributed by atoms with Crippen molar-refractivity contribution in [1.29, 1.82) is 0 Å². The highest BCUT2D eigenvalue weighted by Gasteiger charge is 2.46. The zero-order valence-corrected chi connectivity index (χ0v) is 30.4. The predicted molar refractivity (Wildman–Crippen MR) is 180 cm³/mol. The molecule has 0 aromatic heterocycles. The summed E-state index contributed by atoms with van der Waals surface area (Å²) in [5, 5.41) is 43.8. The average Bonchev–Trinajstić information content (AvgIpc) is 3.05. The van der Waals surface area contributed by atoms with Crippen molar-refractivity contribution >= 4 is 11.8 Å². The first kappa shape index (κ1) is 41.4. The van der Waals surface area contributed by atoms with Crippen LogP contribution in [0.1, 0.15) is 60.8 Å². The van der Waals surface area contributed by atoms with Gasteiger partial charge in [0.05, 0.1) is 24.9 Å². The second-order valence-electron chi connectivity index (χ2n) is 14.2. The first-order valence-electron chi connectivity index (χ1n) is 17.3. The highest BCUT2D eigenvalue weighted by molar-refractivity contribution is 5.91. The number of rotatable bonds is 8. The van der Waals surface area contributed by atoms with E-state index in [4.69, 9.17) is 28.4 Å². The summed E-state index contributed by atoms with van der Waals surface area (Å²) in [7, 11) is 5.14. The topological polar surface area (TPSA) is 174 Å². The molecular formula is C36H59NO12. The molecular weight excluding hydrogens is 638 g/mol. The summed E-state index contributed by atoms with van der Waals surface area (Å²) in [4.78, 5) is 28.4. The van der Waals surface area contributed by atoms with Crippen molar-refractivity contribution in [3.05, 3.63) is 36.5 Å². The Labute approximate surface area is 290 Å². The molecule has 4 N–H and O–H groups in total. The van der Waals surface area contributed by atoms with Gasteiger partial charge < -0.3 is 53.7 Å². The molecule has 49 heavy (non-hydrogen) atoms. The van der Waals surface area contributed by atoms with Crippen molar-refractivity contribution in [1.82, 2.24) is 4.90 Å². The van der Waals surface area contributed by atoms with Crippen molar-refractivity contribution in [2.75, 3.05) is 27.8 Å². The minimum atomic E-state index is -1.89. The molecule has 0 saturated carbocycles. The summed E-state index contributed by atoms with van der Waals surface area (Å²) >= 11 is 0. The number of esters is 1. The van der Waals surface area contributed by atoms with E-state index in [0.29, 0.717) is 12.8 Å². The molecule has 0 spiro atoms. The highest BCUT2D eigenvalue weighted by atomic mass is 16.7. The number of methoxy groups -OCH3 is 1. The number of ether oxygens (including phenoxy) is 6. The van der Waals surface area contributed by atoms with Crippen LogP contribution in [0.3, 0.4) is 0 Å². The molecule has 13 heteroatoms. The van der Waals surface area contributed by atoms with Crippen LogP contribution in [-0.2, 0) is 38.0 Å². The van der Waals surface area contributed by atoms with Crippen LogP contribution < -0.4 is 0 Å². The normalized spacial score (nSPS) is 45.1. The highest BCUT2D eigenvalue weighted by Crippen LogP contribution is 2.32. The Hall–Kier alpha value is -2.04. The zero-order chi connectivity index (χ0) is 36.6. The van der Waals surface area contributed by atoms with Gasteiger partial charge in [0.1, 0.15) is 36.1 Å². The molecule has 2 fully saturated rings. The van der Waals surface area contributed by atoms with Crippen molar-refractivity contribution < 1.29 is 58.4 Å². The molecule has 0 radical (unpaired) electrons. The SMILES string of the molecule is CC[C@H]1OC(=O)/C=C/[C@H](C)[C@@H](OC2OC(C)CC(N(C)C)C2O)[C@@H](C)C[C@@H](C)C(=O)/C=C/C=C/[C@]1(O)COC1OC(C)C(O)C(O)C1OC. The number of nitrogens with zero attached hydrogens (tertiary/aromatic N) is 1. The number of likely N-dealkylation sites (N-methyl/N-ethyl adjacent to an activating group) is 1. The van der Waals surface area contributed by atoms with Gasteiger partial charge in [-0.25, -0.2) is 4.79 Å². The van der Waals surface area contributed by atoms with Gasteiger partial charge in [-0.15, -0.1) is 0 Å². The minimum absolute atomic E-state index is 0.126. The van der Waals surface area contributed by atoms with Gasteiger partial charge >= 0.3 is 5.97 Å². The van der Waals surface area contributed by atoms with Gasteiger partial charge in [-0.3, -0.25) is 4.79 Å². The number of aliphatic hydroxyl groups is 4. The lowest BCUT2D eigenvalue weighted by Gasteiger charge is -2.43.